The largest absolute Gasteiger partial charge is 0.393 e. The number of fused-ring (bicyclic) bond motifs is 1. The Bertz CT molecular complexity index is 907. The van der Waals surface area contributed by atoms with E-state index in [0.717, 1.165) is 5.56 Å². The van der Waals surface area contributed by atoms with Crippen LogP contribution in [0, 0.1) is 5.92 Å². The van der Waals surface area contributed by atoms with Gasteiger partial charge in [-0.3, -0.25) is 4.79 Å². The number of alkyl halides is 3. The molecule has 2 aromatic rings. The van der Waals surface area contributed by atoms with Crippen molar-refractivity contribution in [3.05, 3.63) is 41.2 Å². The summed E-state index contributed by atoms with van der Waals surface area (Å²) in [6.07, 6.45) is -1.20. The Balaban J connectivity index is 1.67. The van der Waals surface area contributed by atoms with Crippen LogP contribution in [-0.2, 0) is 17.6 Å². The smallest absolute Gasteiger partial charge is 0.381 e. The van der Waals surface area contributed by atoms with Gasteiger partial charge in [-0.25, -0.2) is 4.98 Å². The summed E-state index contributed by atoms with van der Waals surface area (Å²) in [6.45, 7) is 1.23. The van der Waals surface area contributed by atoms with Crippen LogP contribution in [0.4, 0.5) is 24.8 Å². The molecule has 1 N–H and O–H groups in total. The Morgan fingerprint density at radius 1 is 1.27 bits per heavy atom. The van der Waals surface area contributed by atoms with Gasteiger partial charge in [0.2, 0.25) is 0 Å². The van der Waals surface area contributed by atoms with Gasteiger partial charge < -0.3 is 15.0 Å². The molecule has 0 saturated carbocycles. The summed E-state index contributed by atoms with van der Waals surface area (Å²) in [4.78, 5) is 19.3. The number of pyridine rings is 1. The maximum atomic E-state index is 13.3. The van der Waals surface area contributed by atoms with Crippen molar-refractivity contribution in [2.75, 3.05) is 36.5 Å². The number of aromatic nitrogens is 3. The summed E-state index contributed by atoms with van der Waals surface area (Å²) >= 11 is 0. The highest BCUT2D eigenvalue weighted by Gasteiger charge is 2.42. The molecule has 0 aliphatic carbocycles. The number of halogens is 3. The van der Waals surface area contributed by atoms with Crippen LogP contribution in [0.5, 0.6) is 0 Å². The van der Waals surface area contributed by atoms with Crippen molar-refractivity contribution < 1.29 is 22.7 Å². The molecule has 7 nitrogen and oxygen atoms in total. The number of nitrogens with zero attached hydrogens (tertiary/aromatic N) is 4. The van der Waals surface area contributed by atoms with Gasteiger partial charge in [0.05, 0.1) is 19.1 Å². The van der Waals surface area contributed by atoms with Crippen LogP contribution >= 0.6 is 0 Å². The van der Waals surface area contributed by atoms with Crippen molar-refractivity contribution in [3.8, 4) is 0 Å². The minimum atomic E-state index is -4.25. The van der Waals surface area contributed by atoms with Gasteiger partial charge in [-0.15, -0.1) is 5.10 Å². The van der Waals surface area contributed by atoms with Crippen LogP contribution in [0.3, 0.4) is 0 Å². The first-order valence-electron chi connectivity index (χ1n) is 9.93. The van der Waals surface area contributed by atoms with Crippen molar-refractivity contribution in [2.24, 2.45) is 5.92 Å². The minimum absolute atomic E-state index is 0.110. The zero-order chi connectivity index (χ0) is 21.1. The molecule has 4 rings (SSSR count). The first-order chi connectivity index (χ1) is 14.4. The molecule has 1 saturated heterocycles. The lowest BCUT2D eigenvalue weighted by Gasteiger charge is -2.35. The molecule has 0 bridgehead atoms. The maximum Gasteiger partial charge on any atom is 0.393 e. The summed E-state index contributed by atoms with van der Waals surface area (Å²) in [6, 6.07) is 4.86. The zero-order valence-corrected chi connectivity index (χ0v) is 16.3. The first kappa shape index (κ1) is 20.5. The van der Waals surface area contributed by atoms with Crippen molar-refractivity contribution >= 4 is 17.5 Å². The van der Waals surface area contributed by atoms with Crippen molar-refractivity contribution in [1.82, 2.24) is 15.2 Å². The lowest BCUT2D eigenvalue weighted by atomic mass is 9.96. The number of amides is 1. The van der Waals surface area contributed by atoms with Gasteiger partial charge >= 0.3 is 6.18 Å². The number of ether oxygens (including phenoxy) is 1. The number of carbonyl (C=O) groups excluding carboxylic acids is 1. The Morgan fingerprint density at radius 3 is 2.87 bits per heavy atom. The highest BCUT2D eigenvalue weighted by Crippen LogP contribution is 2.35. The molecular formula is C20H22F3N5O2. The van der Waals surface area contributed by atoms with Gasteiger partial charge in [-0.1, -0.05) is 0 Å². The molecule has 160 valence electrons. The maximum absolute atomic E-state index is 13.3. The number of hydrogen-bond donors (Lipinski definition) is 1. The summed E-state index contributed by atoms with van der Waals surface area (Å²) in [7, 11) is 0. The predicted molar refractivity (Wildman–Crippen MR) is 103 cm³/mol. The van der Waals surface area contributed by atoms with Crippen molar-refractivity contribution in [1.29, 1.82) is 0 Å². The topological polar surface area (TPSA) is 80.2 Å². The van der Waals surface area contributed by atoms with Crippen LogP contribution < -0.4 is 10.2 Å². The molecule has 0 spiro atoms. The van der Waals surface area contributed by atoms with Crippen LogP contribution in [0.25, 0.3) is 0 Å². The Labute approximate surface area is 171 Å². The summed E-state index contributed by atoms with van der Waals surface area (Å²) in [5.74, 6) is -1.09. The van der Waals surface area contributed by atoms with Gasteiger partial charge in [-0.05, 0) is 43.0 Å². The van der Waals surface area contributed by atoms with E-state index >= 15 is 0 Å². The van der Waals surface area contributed by atoms with E-state index in [1.165, 1.54) is 6.20 Å². The fourth-order valence-electron chi connectivity index (χ4n) is 3.91. The van der Waals surface area contributed by atoms with Crippen LogP contribution in [0.2, 0.25) is 0 Å². The van der Waals surface area contributed by atoms with E-state index in [2.05, 4.69) is 20.5 Å². The molecule has 1 amide bonds. The second kappa shape index (κ2) is 8.55. The average molecular weight is 421 g/mol. The number of piperidine rings is 1. The molecule has 0 aromatic carbocycles. The lowest BCUT2D eigenvalue weighted by Crippen LogP contribution is -2.42. The molecule has 2 aliphatic heterocycles. The van der Waals surface area contributed by atoms with Crippen LogP contribution in [-0.4, -0.2) is 53.6 Å². The molecule has 30 heavy (non-hydrogen) atoms. The van der Waals surface area contributed by atoms with E-state index in [9.17, 15) is 18.0 Å². The third-order valence-corrected chi connectivity index (χ3v) is 5.44. The average Bonchev–Trinajstić information content (AvgIpc) is 2.98. The second-order valence-electron chi connectivity index (χ2n) is 7.46. The first-order valence-corrected chi connectivity index (χ1v) is 9.93. The highest BCUT2D eigenvalue weighted by molar-refractivity contribution is 6.05. The normalized spacial score (nSPS) is 19.7. The minimum Gasteiger partial charge on any atom is -0.381 e. The predicted octanol–water partition coefficient (Wildman–Crippen LogP) is 3.02. The van der Waals surface area contributed by atoms with Gasteiger partial charge in [0.15, 0.2) is 5.82 Å². The fraction of sp³-hybridized carbons (Fsp3) is 0.500. The number of carbonyl (C=O) groups is 1. The molecule has 4 heterocycles. The van der Waals surface area contributed by atoms with E-state index in [4.69, 9.17) is 4.74 Å². The molecule has 2 aromatic heterocycles. The van der Waals surface area contributed by atoms with Gasteiger partial charge in [0, 0.05) is 37.0 Å². The SMILES string of the molecule is O=C(Nc1cccnn1)c1cc(N2CCC[C@H](C(F)(F)F)C2)nc2c1CCOCC2. The van der Waals surface area contributed by atoms with E-state index < -0.39 is 12.1 Å². The summed E-state index contributed by atoms with van der Waals surface area (Å²) in [5, 5.41) is 10.3. The highest BCUT2D eigenvalue weighted by atomic mass is 19.4. The molecule has 0 unspecified atom stereocenters. The van der Waals surface area contributed by atoms with Gasteiger partial charge in [0.25, 0.3) is 5.91 Å². The third kappa shape index (κ3) is 4.53. The van der Waals surface area contributed by atoms with Gasteiger partial charge in [0.1, 0.15) is 5.82 Å². The Kier molecular flexibility index (Phi) is 5.85. The zero-order valence-electron chi connectivity index (χ0n) is 16.3. The Morgan fingerprint density at radius 2 is 2.10 bits per heavy atom. The summed E-state index contributed by atoms with van der Waals surface area (Å²) in [5.41, 5.74) is 1.85. The van der Waals surface area contributed by atoms with Crippen LogP contribution in [0.15, 0.2) is 24.4 Å². The Hall–Kier alpha value is -2.75. The molecule has 1 atom stereocenters. The van der Waals surface area contributed by atoms with Crippen molar-refractivity contribution in [2.45, 2.75) is 31.9 Å². The molecule has 10 heteroatoms. The fourth-order valence-corrected chi connectivity index (χ4v) is 3.91. The van der Waals surface area contributed by atoms with E-state index in [-0.39, 0.29) is 18.9 Å². The molecular weight excluding hydrogens is 399 g/mol. The molecule has 1 fully saturated rings. The summed E-state index contributed by atoms with van der Waals surface area (Å²) < 4.78 is 45.3. The lowest BCUT2D eigenvalue weighted by molar-refractivity contribution is -0.176. The third-order valence-electron chi connectivity index (χ3n) is 5.44. The second-order valence-corrected chi connectivity index (χ2v) is 7.46. The van der Waals surface area contributed by atoms with Gasteiger partial charge in [-0.2, -0.15) is 18.3 Å². The van der Waals surface area contributed by atoms with E-state index in [1.54, 1.807) is 23.1 Å². The quantitative estimate of drug-likeness (QED) is 0.821. The molecule has 0 radical (unpaired) electrons. The number of anilines is 2. The van der Waals surface area contributed by atoms with Crippen molar-refractivity contribution in [3.63, 3.8) is 0 Å². The number of nitrogens with one attached hydrogen (secondary N) is 1. The molecule has 2 aliphatic rings. The van der Waals surface area contributed by atoms with E-state index in [1.807, 2.05) is 0 Å². The van der Waals surface area contributed by atoms with E-state index in [0.29, 0.717) is 61.9 Å². The standard InChI is InChI=1S/C20H22F3N5O2/c21-20(22,23)13-3-2-8-28(12-13)18-11-15(14-5-9-30-10-6-16(14)25-18)19(29)26-17-4-1-7-24-27-17/h1,4,7,11,13H,2-3,5-6,8-10,12H2,(H,26,27,29)/t13-/m0/s1. The monoisotopic (exact) mass is 421 g/mol. The number of rotatable bonds is 3. The van der Waals surface area contributed by atoms with Crippen LogP contribution in [0.1, 0.15) is 34.5 Å². The number of hydrogen-bond acceptors (Lipinski definition) is 6.